The first-order valence-electron chi connectivity index (χ1n) is 14.8. The monoisotopic (exact) mass is 621 g/mol. The molecule has 232 valence electrons. The zero-order chi connectivity index (χ0) is 31.5. The second kappa shape index (κ2) is 13.4. The average Bonchev–Trinajstić information content (AvgIpc) is 3.22. The summed E-state index contributed by atoms with van der Waals surface area (Å²) in [7, 11) is 5.84. The Morgan fingerprint density at radius 1 is 0.955 bits per heavy atom. The van der Waals surface area contributed by atoms with Gasteiger partial charge in [-0.2, -0.15) is 0 Å². The van der Waals surface area contributed by atoms with E-state index in [1.54, 1.807) is 4.68 Å². The second-order valence-corrected chi connectivity index (χ2v) is 12.0. The zero-order valence-corrected chi connectivity index (χ0v) is 26.3. The molecule has 10 heteroatoms. The molecule has 0 radical (unpaired) electrons. The number of halogens is 3. The van der Waals surface area contributed by atoms with E-state index in [0.29, 0.717) is 49.6 Å². The predicted molar refractivity (Wildman–Crippen MR) is 171 cm³/mol. The second-order valence-electron chi connectivity index (χ2n) is 11.6. The molecule has 1 saturated heterocycles. The number of anilines is 1. The van der Waals surface area contributed by atoms with Crippen molar-refractivity contribution < 1.29 is 13.6 Å². The first-order chi connectivity index (χ1) is 21.0. The van der Waals surface area contributed by atoms with Crippen molar-refractivity contribution in [1.29, 1.82) is 0 Å². The number of aromatic nitrogens is 2. The van der Waals surface area contributed by atoms with Gasteiger partial charge in [-0.05, 0) is 80.3 Å². The number of likely N-dealkylation sites (tertiary alicyclic amines) is 1. The summed E-state index contributed by atoms with van der Waals surface area (Å²) >= 11 is 6.10. The minimum atomic E-state index is -0.853. The number of carbonyl (C=O) groups excluding carboxylic acids is 1. The van der Waals surface area contributed by atoms with Crippen LogP contribution in [0.15, 0.2) is 71.5 Å². The van der Waals surface area contributed by atoms with E-state index >= 15 is 0 Å². The number of carbonyl (C=O) groups is 1. The van der Waals surface area contributed by atoms with Gasteiger partial charge in [0.05, 0.1) is 11.3 Å². The molecule has 1 aromatic heterocycles. The summed E-state index contributed by atoms with van der Waals surface area (Å²) in [5, 5.41) is 0.674. The molecule has 4 aromatic rings. The molecule has 0 unspecified atom stereocenters. The first-order valence-corrected chi connectivity index (χ1v) is 15.2. The Balaban J connectivity index is 1.38. The highest BCUT2D eigenvalue weighted by Gasteiger charge is 2.31. The Hall–Kier alpha value is -3.95. The Morgan fingerprint density at radius 2 is 1.57 bits per heavy atom. The molecule has 2 heterocycles. The van der Waals surface area contributed by atoms with Crippen molar-refractivity contribution >= 4 is 23.2 Å². The summed E-state index contributed by atoms with van der Waals surface area (Å²) in [5.41, 5.74) is 3.98. The SMILES string of the molecule is Cc1c(CN(CCc2ccc(Cl)cc2)C2CCN(C(=O)c3c(F)cccc3F)CC2)c(=O)n(-c2ccc(N(C)C)cc2)n1C. The maximum absolute atomic E-state index is 14.3. The van der Waals surface area contributed by atoms with Crippen molar-refractivity contribution in [3.05, 3.63) is 116 Å². The molecule has 1 fully saturated rings. The summed E-state index contributed by atoms with van der Waals surface area (Å²) in [6.45, 7) is 3.82. The Morgan fingerprint density at radius 3 is 2.16 bits per heavy atom. The molecule has 1 aliphatic rings. The zero-order valence-electron chi connectivity index (χ0n) is 25.6. The topological polar surface area (TPSA) is 53.7 Å². The lowest BCUT2D eigenvalue weighted by Gasteiger charge is -2.38. The molecule has 0 N–H and O–H groups in total. The number of nitrogens with zero attached hydrogens (tertiary/aromatic N) is 5. The Labute approximate surface area is 261 Å². The molecule has 0 saturated carbocycles. The third-order valence-corrected chi connectivity index (χ3v) is 8.94. The minimum Gasteiger partial charge on any atom is -0.378 e. The van der Waals surface area contributed by atoms with Crippen molar-refractivity contribution in [2.45, 2.75) is 38.8 Å². The first kappa shape index (κ1) is 31.5. The molecule has 3 aromatic carbocycles. The fourth-order valence-electron chi connectivity index (χ4n) is 5.94. The van der Waals surface area contributed by atoms with E-state index in [-0.39, 0.29) is 11.6 Å². The molecular weight excluding hydrogens is 584 g/mol. The summed E-state index contributed by atoms with van der Waals surface area (Å²) in [6.07, 6.45) is 1.99. The summed E-state index contributed by atoms with van der Waals surface area (Å²) in [6, 6.07) is 19.2. The van der Waals surface area contributed by atoms with Gasteiger partial charge in [-0.15, -0.1) is 0 Å². The fourth-order valence-corrected chi connectivity index (χ4v) is 6.07. The highest BCUT2D eigenvalue weighted by Crippen LogP contribution is 2.24. The molecule has 0 aliphatic carbocycles. The van der Waals surface area contributed by atoms with Crippen molar-refractivity contribution in [3.8, 4) is 5.69 Å². The molecule has 44 heavy (non-hydrogen) atoms. The highest BCUT2D eigenvalue weighted by atomic mass is 35.5. The molecule has 0 bridgehead atoms. The van der Waals surface area contributed by atoms with Crippen LogP contribution in [0.25, 0.3) is 5.69 Å². The number of benzene rings is 3. The molecule has 7 nitrogen and oxygen atoms in total. The van der Waals surface area contributed by atoms with Crippen LogP contribution in [0.3, 0.4) is 0 Å². The number of amides is 1. The summed E-state index contributed by atoms with van der Waals surface area (Å²) in [4.78, 5) is 32.8. The highest BCUT2D eigenvalue weighted by molar-refractivity contribution is 6.30. The molecule has 0 spiro atoms. The van der Waals surface area contributed by atoms with Gasteiger partial charge in [0.15, 0.2) is 0 Å². The van der Waals surface area contributed by atoms with E-state index in [4.69, 9.17) is 11.6 Å². The van der Waals surface area contributed by atoms with Crippen LogP contribution in [-0.4, -0.2) is 64.8 Å². The molecule has 1 amide bonds. The van der Waals surface area contributed by atoms with Crippen LogP contribution < -0.4 is 10.5 Å². The van der Waals surface area contributed by atoms with Crippen LogP contribution in [0.5, 0.6) is 0 Å². The van der Waals surface area contributed by atoms with Crippen molar-refractivity contribution in [2.75, 3.05) is 38.6 Å². The third-order valence-electron chi connectivity index (χ3n) is 8.69. The van der Waals surface area contributed by atoms with E-state index < -0.39 is 23.1 Å². The number of hydrogen-bond acceptors (Lipinski definition) is 4. The van der Waals surface area contributed by atoms with Gasteiger partial charge in [-0.25, -0.2) is 13.5 Å². The standard InChI is InChI=1S/C34H38ClF2N5O2/c1-23-29(33(43)42(39(23)4)28-14-12-26(13-15-28)38(2)3)22-41(19-16-24-8-10-25(35)11-9-24)27-17-20-40(21-18-27)34(44)32-30(36)6-5-7-31(32)37/h5-15,27H,16-22H2,1-4H3. The van der Waals surface area contributed by atoms with Crippen LogP contribution >= 0.6 is 11.6 Å². The third kappa shape index (κ3) is 6.59. The van der Waals surface area contributed by atoms with E-state index in [9.17, 15) is 18.4 Å². The minimum absolute atomic E-state index is 0.0678. The maximum atomic E-state index is 14.3. The Bertz CT molecular complexity index is 1650. The lowest BCUT2D eigenvalue weighted by Crippen LogP contribution is -2.47. The van der Waals surface area contributed by atoms with Gasteiger partial charge in [0.2, 0.25) is 0 Å². The van der Waals surface area contributed by atoms with Gasteiger partial charge in [0.25, 0.3) is 11.5 Å². The largest absolute Gasteiger partial charge is 0.378 e. The summed E-state index contributed by atoms with van der Waals surface area (Å²) in [5.74, 6) is -2.34. The smallest absolute Gasteiger partial charge is 0.276 e. The van der Waals surface area contributed by atoms with Crippen LogP contribution in [0.4, 0.5) is 14.5 Å². The quantitative estimate of drug-likeness (QED) is 0.236. The van der Waals surface area contributed by atoms with E-state index in [2.05, 4.69) is 4.90 Å². The van der Waals surface area contributed by atoms with Crippen LogP contribution in [-0.2, 0) is 20.0 Å². The number of piperidine rings is 1. The molecule has 0 atom stereocenters. The van der Waals surface area contributed by atoms with E-state index in [1.807, 2.05) is 86.2 Å². The van der Waals surface area contributed by atoms with Crippen LogP contribution in [0.2, 0.25) is 5.02 Å². The molecule has 1 aliphatic heterocycles. The predicted octanol–water partition coefficient (Wildman–Crippen LogP) is 5.83. The fraction of sp³-hybridized carbons (Fsp3) is 0.353. The van der Waals surface area contributed by atoms with Gasteiger partial charge < -0.3 is 9.80 Å². The summed E-state index contributed by atoms with van der Waals surface area (Å²) < 4.78 is 32.3. The van der Waals surface area contributed by atoms with Crippen molar-refractivity contribution in [3.63, 3.8) is 0 Å². The van der Waals surface area contributed by atoms with Crippen molar-refractivity contribution in [2.24, 2.45) is 7.05 Å². The number of rotatable bonds is 9. The van der Waals surface area contributed by atoms with Gasteiger partial charge in [-0.1, -0.05) is 29.8 Å². The van der Waals surface area contributed by atoms with E-state index in [1.165, 1.54) is 11.0 Å². The van der Waals surface area contributed by atoms with Crippen LogP contribution in [0.1, 0.15) is 40.0 Å². The number of hydrogen-bond donors (Lipinski definition) is 0. The average molecular weight is 622 g/mol. The normalized spacial score (nSPS) is 14.0. The van der Waals surface area contributed by atoms with E-state index in [0.717, 1.165) is 41.2 Å². The van der Waals surface area contributed by atoms with Crippen molar-refractivity contribution in [1.82, 2.24) is 19.2 Å². The Kier molecular flexibility index (Phi) is 9.56. The van der Waals surface area contributed by atoms with Gasteiger partial charge in [0.1, 0.15) is 17.2 Å². The lowest BCUT2D eigenvalue weighted by atomic mass is 10.00. The van der Waals surface area contributed by atoms with Gasteiger partial charge in [-0.3, -0.25) is 19.2 Å². The lowest BCUT2D eigenvalue weighted by molar-refractivity contribution is 0.0599. The molecule has 5 rings (SSSR count). The van der Waals surface area contributed by atoms with Gasteiger partial charge >= 0.3 is 0 Å². The maximum Gasteiger partial charge on any atom is 0.276 e. The molecular formula is C34H38ClF2N5O2. The van der Waals surface area contributed by atoms with Gasteiger partial charge in [0, 0.05) is 69.8 Å². The van der Waals surface area contributed by atoms with Crippen LogP contribution in [0, 0.1) is 18.6 Å².